The van der Waals surface area contributed by atoms with Crippen molar-refractivity contribution < 1.29 is 23.1 Å². The van der Waals surface area contributed by atoms with Gasteiger partial charge in [0.2, 0.25) is 10.0 Å². The van der Waals surface area contributed by atoms with Crippen molar-refractivity contribution in [3.8, 4) is 16.9 Å². The average molecular weight is 483 g/mol. The van der Waals surface area contributed by atoms with Gasteiger partial charge in [-0.25, -0.2) is 8.42 Å². The molecule has 3 aromatic carbocycles. The van der Waals surface area contributed by atoms with Crippen LogP contribution in [0.15, 0.2) is 77.7 Å². The van der Waals surface area contributed by atoms with Crippen LogP contribution < -0.4 is 14.4 Å². The van der Waals surface area contributed by atoms with E-state index in [-0.39, 0.29) is 10.8 Å². The summed E-state index contributed by atoms with van der Waals surface area (Å²) in [5.41, 5.74) is 3.86. The molecule has 34 heavy (non-hydrogen) atoms. The summed E-state index contributed by atoms with van der Waals surface area (Å²) < 4.78 is 33.4. The van der Waals surface area contributed by atoms with Crippen LogP contribution in [0.1, 0.15) is 19.4 Å². The lowest BCUT2D eigenvalue weighted by Gasteiger charge is -2.18. The Morgan fingerprint density at radius 2 is 1.56 bits per heavy atom. The third kappa shape index (κ3) is 6.36. The molecule has 0 amide bonds. The first-order valence-electron chi connectivity index (χ1n) is 10.9. The SMILES string of the molecule is CC(C)[C@@H](NS(=O)(=O)c1ccc(-c2ccc(COc3cccc(N(C)C)c3)cc2)cc1)C(=O)O. The molecule has 1 atom stereocenters. The lowest BCUT2D eigenvalue weighted by molar-refractivity contribution is -0.140. The van der Waals surface area contributed by atoms with E-state index in [2.05, 4.69) is 4.72 Å². The van der Waals surface area contributed by atoms with Gasteiger partial charge in [0, 0.05) is 25.8 Å². The fourth-order valence-corrected chi connectivity index (χ4v) is 4.68. The second-order valence-corrected chi connectivity index (χ2v) is 10.3. The highest BCUT2D eigenvalue weighted by Crippen LogP contribution is 2.24. The number of benzene rings is 3. The Morgan fingerprint density at radius 1 is 0.971 bits per heavy atom. The molecular weight excluding hydrogens is 452 g/mol. The Labute approximate surface area is 201 Å². The van der Waals surface area contributed by atoms with Crippen molar-refractivity contribution >= 4 is 21.7 Å². The molecule has 2 N–H and O–H groups in total. The molecule has 0 aliphatic heterocycles. The Bertz CT molecular complexity index is 1220. The van der Waals surface area contributed by atoms with E-state index in [0.29, 0.717) is 6.61 Å². The molecule has 7 nitrogen and oxygen atoms in total. The first-order valence-corrected chi connectivity index (χ1v) is 12.4. The summed E-state index contributed by atoms with van der Waals surface area (Å²) in [6.07, 6.45) is 0. The predicted octanol–water partition coefficient (Wildman–Crippen LogP) is 4.39. The zero-order chi connectivity index (χ0) is 24.9. The molecule has 3 aromatic rings. The standard InChI is InChI=1S/C26H30N2O5S/c1-18(2)25(26(29)30)27-34(31,32)24-14-12-21(13-15-24)20-10-8-19(9-11-20)17-33-23-7-5-6-22(16-23)28(3)4/h5-16,18,25,27H,17H2,1-4H3,(H,29,30)/t25-/m1/s1. The summed E-state index contributed by atoms with van der Waals surface area (Å²) >= 11 is 0. The van der Waals surface area contributed by atoms with E-state index >= 15 is 0 Å². The minimum absolute atomic E-state index is 0.0214. The summed E-state index contributed by atoms with van der Waals surface area (Å²) in [6, 6.07) is 20.9. The second kappa shape index (κ2) is 10.7. The van der Waals surface area contributed by atoms with E-state index in [1.54, 1.807) is 26.0 Å². The number of rotatable bonds is 10. The van der Waals surface area contributed by atoms with Gasteiger partial charge >= 0.3 is 5.97 Å². The van der Waals surface area contributed by atoms with E-state index < -0.39 is 22.0 Å². The molecule has 0 saturated heterocycles. The third-order valence-electron chi connectivity index (χ3n) is 5.41. The van der Waals surface area contributed by atoms with Gasteiger partial charge in [-0.1, -0.05) is 56.3 Å². The number of anilines is 1. The zero-order valence-corrected chi connectivity index (χ0v) is 20.5. The minimum Gasteiger partial charge on any atom is -0.489 e. The highest BCUT2D eigenvalue weighted by Gasteiger charge is 2.27. The molecule has 0 heterocycles. The van der Waals surface area contributed by atoms with Crippen LogP contribution in [0.2, 0.25) is 0 Å². The number of ether oxygens (including phenoxy) is 1. The van der Waals surface area contributed by atoms with E-state index in [0.717, 1.165) is 28.1 Å². The quantitative estimate of drug-likeness (QED) is 0.445. The molecule has 8 heteroatoms. The number of nitrogens with one attached hydrogen (secondary N) is 1. The van der Waals surface area contributed by atoms with Gasteiger partial charge in [0.1, 0.15) is 18.4 Å². The highest BCUT2D eigenvalue weighted by atomic mass is 32.2. The van der Waals surface area contributed by atoms with Gasteiger partial charge in [-0.3, -0.25) is 4.79 Å². The smallest absolute Gasteiger partial charge is 0.322 e. The molecule has 0 saturated carbocycles. The molecule has 3 rings (SSSR count). The van der Waals surface area contributed by atoms with Crippen molar-refractivity contribution in [1.82, 2.24) is 4.72 Å². The van der Waals surface area contributed by atoms with Crippen molar-refractivity contribution in [3.63, 3.8) is 0 Å². The number of carboxylic acid groups (broad SMARTS) is 1. The number of nitrogens with zero attached hydrogens (tertiary/aromatic N) is 1. The van der Waals surface area contributed by atoms with Crippen molar-refractivity contribution in [2.45, 2.75) is 31.4 Å². The largest absolute Gasteiger partial charge is 0.489 e. The van der Waals surface area contributed by atoms with Gasteiger partial charge in [-0.05, 0) is 46.9 Å². The van der Waals surface area contributed by atoms with Crippen LogP contribution in [0.3, 0.4) is 0 Å². The van der Waals surface area contributed by atoms with Gasteiger partial charge in [-0.15, -0.1) is 0 Å². The Morgan fingerprint density at radius 3 is 2.09 bits per heavy atom. The maximum Gasteiger partial charge on any atom is 0.322 e. The van der Waals surface area contributed by atoms with Crippen LogP contribution in [0.5, 0.6) is 5.75 Å². The normalized spacial score (nSPS) is 12.4. The fourth-order valence-electron chi connectivity index (χ4n) is 3.34. The van der Waals surface area contributed by atoms with Crippen LogP contribution in [0.25, 0.3) is 11.1 Å². The zero-order valence-electron chi connectivity index (χ0n) is 19.7. The molecule has 0 radical (unpaired) electrons. The van der Waals surface area contributed by atoms with Gasteiger partial charge < -0.3 is 14.7 Å². The lowest BCUT2D eigenvalue weighted by Crippen LogP contribution is -2.44. The number of aliphatic carboxylic acids is 1. The highest BCUT2D eigenvalue weighted by molar-refractivity contribution is 7.89. The monoisotopic (exact) mass is 482 g/mol. The molecule has 0 spiro atoms. The van der Waals surface area contributed by atoms with Crippen molar-refractivity contribution in [2.24, 2.45) is 5.92 Å². The maximum atomic E-state index is 12.6. The van der Waals surface area contributed by atoms with Crippen molar-refractivity contribution in [1.29, 1.82) is 0 Å². The number of carbonyl (C=O) groups is 1. The molecule has 180 valence electrons. The summed E-state index contributed by atoms with van der Waals surface area (Å²) in [6.45, 7) is 3.74. The maximum absolute atomic E-state index is 12.6. The number of carboxylic acids is 1. The Balaban J connectivity index is 1.67. The van der Waals surface area contributed by atoms with Crippen LogP contribution in [0, 0.1) is 5.92 Å². The van der Waals surface area contributed by atoms with Gasteiger partial charge in [0.05, 0.1) is 4.90 Å². The van der Waals surface area contributed by atoms with E-state index in [1.807, 2.05) is 67.5 Å². The summed E-state index contributed by atoms with van der Waals surface area (Å²) in [4.78, 5) is 13.4. The fraction of sp³-hybridized carbons (Fsp3) is 0.269. The van der Waals surface area contributed by atoms with Crippen molar-refractivity contribution in [2.75, 3.05) is 19.0 Å². The van der Waals surface area contributed by atoms with Gasteiger partial charge in [-0.2, -0.15) is 4.72 Å². The third-order valence-corrected chi connectivity index (χ3v) is 6.86. The minimum atomic E-state index is -3.95. The Kier molecular flexibility index (Phi) is 7.96. The van der Waals surface area contributed by atoms with Crippen LogP contribution >= 0.6 is 0 Å². The molecule has 0 aromatic heterocycles. The van der Waals surface area contributed by atoms with E-state index in [9.17, 15) is 18.3 Å². The molecule has 0 aliphatic rings. The number of hydrogen-bond acceptors (Lipinski definition) is 5. The molecular formula is C26H30N2O5S. The van der Waals surface area contributed by atoms with Gasteiger partial charge in [0.15, 0.2) is 0 Å². The average Bonchev–Trinajstić information content (AvgIpc) is 2.81. The molecule has 0 bridgehead atoms. The second-order valence-electron chi connectivity index (χ2n) is 8.58. The molecule has 0 fully saturated rings. The summed E-state index contributed by atoms with van der Waals surface area (Å²) in [7, 11) is 0.0139. The van der Waals surface area contributed by atoms with Crippen LogP contribution in [0.4, 0.5) is 5.69 Å². The predicted molar refractivity (Wildman–Crippen MR) is 134 cm³/mol. The summed E-state index contributed by atoms with van der Waals surface area (Å²) in [5.74, 6) is -0.793. The van der Waals surface area contributed by atoms with Crippen LogP contribution in [-0.2, 0) is 21.4 Å². The topological polar surface area (TPSA) is 95.9 Å². The number of hydrogen-bond donors (Lipinski definition) is 2. The van der Waals surface area contributed by atoms with Crippen LogP contribution in [-0.4, -0.2) is 39.6 Å². The Hall–Kier alpha value is -3.36. The first kappa shape index (κ1) is 25.3. The lowest BCUT2D eigenvalue weighted by atomic mass is 10.0. The summed E-state index contributed by atoms with van der Waals surface area (Å²) in [5, 5.41) is 9.27. The number of sulfonamides is 1. The molecule has 0 unspecified atom stereocenters. The van der Waals surface area contributed by atoms with Crippen molar-refractivity contribution in [3.05, 3.63) is 78.4 Å². The van der Waals surface area contributed by atoms with Gasteiger partial charge in [0.25, 0.3) is 0 Å². The molecule has 0 aliphatic carbocycles. The van der Waals surface area contributed by atoms with E-state index in [4.69, 9.17) is 4.74 Å². The first-order chi connectivity index (χ1) is 16.1. The van der Waals surface area contributed by atoms with E-state index in [1.165, 1.54) is 12.1 Å².